The summed E-state index contributed by atoms with van der Waals surface area (Å²) in [7, 11) is 0. The van der Waals surface area contributed by atoms with Gasteiger partial charge in [-0.3, -0.25) is 14.5 Å². The molecule has 0 bridgehead atoms. The van der Waals surface area contributed by atoms with Crippen molar-refractivity contribution in [3.8, 4) is 0 Å². The van der Waals surface area contributed by atoms with Gasteiger partial charge >= 0.3 is 6.18 Å². The molecule has 3 aromatic rings. The maximum Gasteiger partial charge on any atom is 0.416 e. The standard InChI is InChI=1S/C24H24F3N3O2/c1-2-29-16-20(22(31)19-14-18(24(25,26)27)8-9-21(19)29)23(32)30-12-10-28(11-13-30)15-17-6-4-3-5-7-17/h3-9,14,16H,2,10-13,15H2,1H3. The number of fused-ring (bicyclic) bond motifs is 1. The van der Waals surface area contributed by atoms with Crippen LogP contribution in [0.25, 0.3) is 10.9 Å². The van der Waals surface area contributed by atoms with Crippen molar-refractivity contribution in [3.63, 3.8) is 0 Å². The Bertz CT molecular complexity index is 1180. The first-order valence-electron chi connectivity index (χ1n) is 10.6. The molecule has 0 atom stereocenters. The first-order valence-corrected chi connectivity index (χ1v) is 10.6. The topological polar surface area (TPSA) is 45.6 Å². The van der Waals surface area contributed by atoms with Gasteiger partial charge in [0.05, 0.1) is 11.1 Å². The minimum absolute atomic E-state index is 0.0877. The third-order valence-electron chi connectivity index (χ3n) is 5.89. The van der Waals surface area contributed by atoms with Gasteiger partial charge in [0.15, 0.2) is 0 Å². The fourth-order valence-corrected chi connectivity index (χ4v) is 4.11. The second kappa shape index (κ2) is 8.78. The average molecular weight is 443 g/mol. The van der Waals surface area contributed by atoms with Crippen LogP contribution >= 0.6 is 0 Å². The molecule has 2 heterocycles. The number of piperazine rings is 1. The molecule has 5 nitrogen and oxygen atoms in total. The third-order valence-corrected chi connectivity index (χ3v) is 5.89. The number of pyridine rings is 1. The number of amides is 1. The molecule has 1 amide bonds. The molecule has 168 valence electrons. The molecule has 0 radical (unpaired) electrons. The van der Waals surface area contributed by atoms with Crippen LogP contribution in [0.4, 0.5) is 13.2 Å². The molecule has 0 unspecified atom stereocenters. The summed E-state index contributed by atoms with van der Waals surface area (Å²) in [5.74, 6) is -0.434. The van der Waals surface area contributed by atoms with Crippen LogP contribution in [-0.4, -0.2) is 46.5 Å². The Kier molecular flexibility index (Phi) is 6.06. The molecule has 1 fully saturated rings. The van der Waals surface area contributed by atoms with Crippen LogP contribution in [0, 0.1) is 0 Å². The molecule has 2 aromatic carbocycles. The first-order chi connectivity index (χ1) is 15.3. The van der Waals surface area contributed by atoms with Gasteiger partial charge in [-0.05, 0) is 30.7 Å². The predicted octanol–water partition coefficient (Wildman–Crippen LogP) is 4.00. The lowest BCUT2D eigenvalue weighted by Crippen LogP contribution is -2.49. The van der Waals surface area contributed by atoms with Gasteiger partial charge in [-0.15, -0.1) is 0 Å². The van der Waals surface area contributed by atoms with E-state index in [-0.39, 0.29) is 10.9 Å². The monoisotopic (exact) mass is 443 g/mol. The van der Waals surface area contributed by atoms with E-state index >= 15 is 0 Å². The van der Waals surface area contributed by atoms with E-state index in [1.54, 1.807) is 9.47 Å². The quantitative estimate of drug-likeness (QED) is 0.613. The van der Waals surface area contributed by atoms with Crippen LogP contribution in [-0.2, 0) is 19.3 Å². The van der Waals surface area contributed by atoms with E-state index < -0.39 is 23.1 Å². The highest BCUT2D eigenvalue weighted by Gasteiger charge is 2.31. The molecule has 0 spiro atoms. The van der Waals surface area contributed by atoms with Crippen LogP contribution < -0.4 is 5.43 Å². The highest BCUT2D eigenvalue weighted by molar-refractivity contribution is 5.97. The van der Waals surface area contributed by atoms with Gasteiger partial charge in [-0.1, -0.05) is 30.3 Å². The van der Waals surface area contributed by atoms with Crippen LogP contribution in [0.2, 0.25) is 0 Å². The number of carbonyl (C=O) groups is 1. The van der Waals surface area contributed by atoms with Gasteiger partial charge in [-0.25, -0.2) is 0 Å². The van der Waals surface area contributed by atoms with E-state index in [9.17, 15) is 22.8 Å². The van der Waals surface area contributed by atoms with Crippen molar-refractivity contribution in [1.82, 2.24) is 14.4 Å². The third kappa shape index (κ3) is 4.41. The number of benzene rings is 2. The van der Waals surface area contributed by atoms with Crippen molar-refractivity contribution in [3.05, 3.63) is 81.6 Å². The molecule has 0 N–H and O–H groups in total. The number of halogens is 3. The molecule has 0 aliphatic carbocycles. The zero-order valence-corrected chi connectivity index (χ0v) is 17.7. The average Bonchev–Trinajstić information content (AvgIpc) is 2.79. The van der Waals surface area contributed by atoms with Crippen LogP contribution in [0.15, 0.2) is 59.5 Å². The zero-order valence-electron chi connectivity index (χ0n) is 17.7. The molecule has 8 heteroatoms. The van der Waals surface area contributed by atoms with Gasteiger partial charge in [0, 0.05) is 50.9 Å². The molecular formula is C24H24F3N3O2. The molecule has 1 saturated heterocycles. The largest absolute Gasteiger partial charge is 0.416 e. The van der Waals surface area contributed by atoms with E-state index in [4.69, 9.17) is 0 Å². The van der Waals surface area contributed by atoms with Crippen molar-refractivity contribution >= 4 is 16.8 Å². The van der Waals surface area contributed by atoms with Crippen LogP contribution in [0.5, 0.6) is 0 Å². The summed E-state index contributed by atoms with van der Waals surface area (Å²) in [4.78, 5) is 30.0. The normalized spacial score (nSPS) is 15.3. The van der Waals surface area contributed by atoms with E-state index in [0.29, 0.717) is 38.2 Å². The number of carbonyl (C=O) groups excluding carboxylic acids is 1. The number of rotatable bonds is 4. The second-order valence-electron chi connectivity index (χ2n) is 7.94. The lowest BCUT2D eigenvalue weighted by atomic mass is 10.1. The number of aryl methyl sites for hydroxylation is 1. The Labute approximate surface area is 183 Å². The van der Waals surface area contributed by atoms with E-state index in [0.717, 1.165) is 18.7 Å². The highest BCUT2D eigenvalue weighted by atomic mass is 19.4. The van der Waals surface area contributed by atoms with Crippen molar-refractivity contribution in [1.29, 1.82) is 0 Å². The maximum absolute atomic E-state index is 13.2. The molecule has 0 saturated carbocycles. The van der Waals surface area contributed by atoms with E-state index in [1.807, 2.05) is 25.1 Å². The van der Waals surface area contributed by atoms with Gasteiger partial charge in [0.2, 0.25) is 5.43 Å². The maximum atomic E-state index is 13.2. The summed E-state index contributed by atoms with van der Waals surface area (Å²) in [6, 6.07) is 13.1. The minimum atomic E-state index is -4.56. The Balaban J connectivity index is 1.58. The summed E-state index contributed by atoms with van der Waals surface area (Å²) in [6.07, 6.45) is -3.09. The fourth-order valence-electron chi connectivity index (χ4n) is 4.11. The summed E-state index contributed by atoms with van der Waals surface area (Å²) >= 11 is 0. The lowest BCUT2D eigenvalue weighted by molar-refractivity contribution is -0.137. The van der Waals surface area contributed by atoms with E-state index in [1.165, 1.54) is 17.8 Å². The van der Waals surface area contributed by atoms with Crippen molar-refractivity contribution in [2.24, 2.45) is 0 Å². The smallest absolute Gasteiger partial charge is 0.347 e. The van der Waals surface area contributed by atoms with E-state index in [2.05, 4.69) is 17.0 Å². The lowest BCUT2D eigenvalue weighted by Gasteiger charge is -2.34. The molecule has 1 aromatic heterocycles. The predicted molar refractivity (Wildman–Crippen MR) is 117 cm³/mol. The number of aromatic nitrogens is 1. The molecule has 1 aliphatic heterocycles. The number of alkyl halides is 3. The molecule has 32 heavy (non-hydrogen) atoms. The van der Waals surface area contributed by atoms with Gasteiger partial charge in [-0.2, -0.15) is 13.2 Å². The van der Waals surface area contributed by atoms with Crippen molar-refractivity contribution in [2.75, 3.05) is 26.2 Å². The number of hydrogen-bond donors (Lipinski definition) is 0. The van der Waals surface area contributed by atoms with Gasteiger partial charge in [0.1, 0.15) is 5.56 Å². The molecular weight excluding hydrogens is 419 g/mol. The molecule has 4 rings (SSSR count). The summed E-state index contributed by atoms with van der Waals surface area (Å²) in [5.41, 5.74) is -0.0746. The number of nitrogens with zero attached hydrogens (tertiary/aromatic N) is 3. The zero-order chi connectivity index (χ0) is 22.9. The highest BCUT2D eigenvalue weighted by Crippen LogP contribution is 2.31. The van der Waals surface area contributed by atoms with Gasteiger partial charge < -0.3 is 9.47 Å². The second-order valence-corrected chi connectivity index (χ2v) is 7.94. The Morgan fingerprint density at radius 1 is 1.00 bits per heavy atom. The number of hydrogen-bond acceptors (Lipinski definition) is 3. The summed E-state index contributed by atoms with van der Waals surface area (Å²) in [6.45, 7) is 5.26. The summed E-state index contributed by atoms with van der Waals surface area (Å²) < 4.78 is 41.2. The SMILES string of the molecule is CCn1cc(C(=O)N2CCN(Cc3ccccc3)CC2)c(=O)c2cc(C(F)(F)F)ccc21. The molecule has 1 aliphatic rings. The van der Waals surface area contributed by atoms with Crippen LogP contribution in [0.1, 0.15) is 28.4 Å². The van der Waals surface area contributed by atoms with Crippen LogP contribution in [0.3, 0.4) is 0 Å². The van der Waals surface area contributed by atoms with Gasteiger partial charge in [0.25, 0.3) is 5.91 Å². The van der Waals surface area contributed by atoms with Crippen molar-refractivity contribution in [2.45, 2.75) is 26.2 Å². The summed E-state index contributed by atoms with van der Waals surface area (Å²) in [5, 5.41) is -0.0877. The Morgan fingerprint density at radius 3 is 2.31 bits per heavy atom. The Morgan fingerprint density at radius 2 is 1.69 bits per heavy atom. The fraction of sp³-hybridized carbons (Fsp3) is 0.333. The first kappa shape index (κ1) is 22.1. The van der Waals surface area contributed by atoms with Crippen molar-refractivity contribution < 1.29 is 18.0 Å². The minimum Gasteiger partial charge on any atom is -0.347 e. The Hall–Kier alpha value is -3.13.